The highest BCUT2D eigenvalue weighted by atomic mass is 35.5. The Morgan fingerprint density at radius 1 is 1.12 bits per heavy atom. The zero-order chi connectivity index (χ0) is 24.9. The monoisotopic (exact) mass is 485 g/mol. The lowest BCUT2D eigenvalue weighted by Gasteiger charge is -2.23. The topological polar surface area (TPSA) is 77.2 Å². The SMILES string of the molecule is CCCCCC(CC)OC(=O)CCc1cc(-n2nc3ccc(Cl)cc3n2)c(O)c(C(C)(C)C)c1. The van der Waals surface area contributed by atoms with Crippen molar-refractivity contribution in [3.05, 3.63) is 46.5 Å². The number of aromatic nitrogens is 3. The van der Waals surface area contributed by atoms with Crippen molar-refractivity contribution >= 4 is 28.6 Å². The van der Waals surface area contributed by atoms with Crippen molar-refractivity contribution in [2.75, 3.05) is 0 Å². The van der Waals surface area contributed by atoms with Crippen LogP contribution in [0.3, 0.4) is 0 Å². The fraction of sp³-hybridized carbons (Fsp3) is 0.519. The Morgan fingerprint density at radius 3 is 2.53 bits per heavy atom. The number of rotatable bonds is 10. The summed E-state index contributed by atoms with van der Waals surface area (Å²) in [5.41, 5.74) is 3.20. The highest BCUT2D eigenvalue weighted by molar-refractivity contribution is 6.31. The van der Waals surface area contributed by atoms with Crippen molar-refractivity contribution in [1.29, 1.82) is 0 Å². The van der Waals surface area contributed by atoms with Gasteiger partial charge in [-0.3, -0.25) is 4.79 Å². The maximum atomic E-state index is 12.6. The molecule has 0 radical (unpaired) electrons. The minimum absolute atomic E-state index is 0.0212. The Kier molecular flexibility index (Phi) is 8.58. The highest BCUT2D eigenvalue weighted by Gasteiger charge is 2.24. The zero-order valence-electron chi connectivity index (χ0n) is 20.9. The van der Waals surface area contributed by atoms with E-state index in [1.54, 1.807) is 18.2 Å². The molecule has 0 spiro atoms. The summed E-state index contributed by atoms with van der Waals surface area (Å²) in [5.74, 6) is -0.0555. The van der Waals surface area contributed by atoms with E-state index in [0.29, 0.717) is 28.2 Å². The predicted octanol–water partition coefficient (Wildman–Crippen LogP) is 6.91. The molecule has 6 nitrogen and oxygen atoms in total. The third kappa shape index (κ3) is 6.50. The fourth-order valence-corrected chi connectivity index (χ4v) is 4.17. The Balaban J connectivity index is 1.84. The number of phenolic OH excluding ortho intramolecular Hbond substituents is 1. The molecular formula is C27H36ClN3O3. The van der Waals surface area contributed by atoms with E-state index in [2.05, 4.69) is 24.0 Å². The molecule has 7 heteroatoms. The lowest BCUT2D eigenvalue weighted by Crippen LogP contribution is -2.18. The first-order chi connectivity index (χ1) is 16.1. The minimum atomic E-state index is -0.308. The third-order valence-electron chi connectivity index (χ3n) is 6.02. The van der Waals surface area contributed by atoms with Crippen LogP contribution in [0.25, 0.3) is 16.7 Å². The smallest absolute Gasteiger partial charge is 0.306 e. The van der Waals surface area contributed by atoms with Gasteiger partial charge in [0, 0.05) is 17.0 Å². The molecule has 184 valence electrons. The van der Waals surface area contributed by atoms with Crippen LogP contribution in [0, 0.1) is 0 Å². The fourth-order valence-electron chi connectivity index (χ4n) is 4.00. The van der Waals surface area contributed by atoms with Crippen molar-refractivity contribution < 1.29 is 14.6 Å². The van der Waals surface area contributed by atoms with Gasteiger partial charge in [-0.1, -0.05) is 65.1 Å². The zero-order valence-corrected chi connectivity index (χ0v) is 21.7. The number of benzene rings is 2. The first kappa shape index (κ1) is 26.0. The maximum Gasteiger partial charge on any atom is 0.306 e. The van der Waals surface area contributed by atoms with Gasteiger partial charge < -0.3 is 9.84 Å². The van der Waals surface area contributed by atoms with E-state index in [1.165, 1.54) is 4.80 Å². The van der Waals surface area contributed by atoms with Crippen LogP contribution in [-0.4, -0.2) is 32.2 Å². The van der Waals surface area contributed by atoms with Gasteiger partial charge in [0.1, 0.15) is 28.6 Å². The van der Waals surface area contributed by atoms with Gasteiger partial charge in [-0.15, -0.1) is 15.0 Å². The average Bonchev–Trinajstić information content (AvgIpc) is 3.19. The molecule has 2 aromatic carbocycles. The number of aryl methyl sites for hydroxylation is 1. The largest absolute Gasteiger partial charge is 0.505 e. The number of esters is 1. The number of ether oxygens (including phenoxy) is 1. The second-order valence-electron chi connectivity index (χ2n) is 9.90. The van der Waals surface area contributed by atoms with Crippen molar-refractivity contribution in [3.8, 4) is 11.4 Å². The molecule has 34 heavy (non-hydrogen) atoms. The summed E-state index contributed by atoms with van der Waals surface area (Å²) in [6.07, 6.45) is 5.89. The number of unbranched alkanes of at least 4 members (excludes halogenated alkanes) is 2. The molecule has 0 saturated carbocycles. The van der Waals surface area contributed by atoms with E-state index in [9.17, 15) is 9.90 Å². The number of hydrogen-bond donors (Lipinski definition) is 1. The molecule has 0 bridgehead atoms. The van der Waals surface area contributed by atoms with Crippen LogP contribution in [0.5, 0.6) is 5.75 Å². The highest BCUT2D eigenvalue weighted by Crippen LogP contribution is 2.36. The summed E-state index contributed by atoms with van der Waals surface area (Å²) in [6, 6.07) is 9.11. The van der Waals surface area contributed by atoms with Crippen molar-refractivity contribution in [2.24, 2.45) is 0 Å². The quantitative estimate of drug-likeness (QED) is 0.249. The Hall–Kier alpha value is -2.60. The molecule has 1 N–H and O–H groups in total. The lowest BCUT2D eigenvalue weighted by atomic mass is 9.84. The number of nitrogens with zero attached hydrogens (tertiary/aromatic N) is 3. The van der Waals surface area contributed by atoms with Gasteiger partial charge in [0.15, 0.2) is 0 Å². The summed E-state index contributed by atoms with van der Waals surface area (Å²) in [7, 11) is 0. The van der Waals surface area contributed by atoms with Gasteiger partial charge in [0.05, 0.1) is 0 Å². The van der Waals surface area contributed by atoms with E-state index in [4.69, 9.17) is 16.3 Å². The number of hydrogen-bond acceptors (Lipinski definition) is 5. The van der Waals surface area contributed by atoms with Crippen molar-refractivity contribution in [2.45, 2.75) is 91.1 Å². The maximum absolute atomic E-state index is 12.6. The van der Waals surface area contributed by atoms with Gasteiger partial charge in [-0.25, -0.2) is 0 Å². The molecule has 1 atom stereocenters. The van der Waals surface area contributed by atoms with E-state index >= 15 is 0 Å². The average molecular weight is 486 g/mol. The molecule has 0 aliphatic carbocycles. The molecule has 3 rings (SSSR count). The standard InChI is InChI=1S/C27H36ClN3O3/c1-6-8-9-10-20(7-2)34-25(32)14-11-18-15-21(27(3,4)5)26(33)24(16-18)31-29-22-13-12-19(28)17-23(22)30-31/h12-13,15-17,20,33H,6-11,14H2,1-5H3. The first-order valence-corrected chi connectivity index (χ1v) is 12.6. The number of fused-ring (bicyclic) bond motifs is 1. The molecule has 1 aromatic heterocycles. The number of carbonyl (C=O) groups excluding carboxylic acids is 1. The second kappa shape index (κ2) is 11.2. The van der Waals surface area contributed by atoms with Crippen LogP contribution in [0.4, 0.5) is 0 Å². The van der Waals surface area contributed by atoms with Crippen LogP contribution in [0.15, 0.2) is 30.3 Å². The molecule has 1 unspecified atom stereocenters. The first-order valence-electron chi connectivity index (χ1n) is 12.2. The van der Waals surface area contributed by atoms with Gasteiger partial charge in [0.2, 0.25) is 0 Å². The third-order valence-corrected chi connectivity index (χ3v) is 6.25. The number of carbonyl (C=O) groups is 1. The van der Waals surface area contributed by atoms with Gasteiger partial charge in [-0.2, -0.15) is 0 Å². The molecule has 0 saturated heterocycles. The lowest BCUT2D eigenvalue weighted by molar-refractivity contribution is -0.149. The Labute approximate surface area is 207 Å². The van der Waals surface area contributed by atoms with Crippen LogP contribution in [0.1, 0.15) is 84.3 Å². The molecule has 0 amide bonds. The molecular weight excluding hydrogens is 450 g/mol. The van der Waals surface area contributed by atoms with Gasteiger partial charge >= 0.3 is 5.97 Å². The van der Waals surface area contributed by atoms with E-state index < -0.39 is 0 Å². The van der Waals surface area contributed by atoms with E-state index in [-0.39, 0.29) is 29.7 Å². The normalized spacial score (nSPS) is 12.8. The minimum Gasteiger partial charge on any atom is -0.505 e. The molecule has 1 heterocycles. The molecule has 3 aromatic rings. The van der Waals surface area contributed by atoms with Gasteiger partial charge in [0.25, 0.3) is 0 Å². The van der Waals surface area contributed by atoms with Gasteiger partial charge in [-0.05, 0) is 60.9 Å². The summed E-state index contributed by atoms with van der Waals surface area (Å²) < 4.78 is 5.72. The summed E-state index contributed by atoms with van der Waals surface area (Å²) in [6.45, 7) is 10.3. The van der Waals surface area contributed by atoms with E-state index in [0.717, 1.165) is 43.2 Å². The van der Waals surface area contributed by atoms with Crippen LogP contribution < -0.4 is 0 Å². The summed E-state index contributed by atoms with van der Waals surface area (Å²) in [4.78, 5) is 14.0. The number of aromatic hydroxyl groups is 1. The van der Waals surface area contributed by atoms with Crippen LogP contribution in [-0.2, 0) is 21.4 Å². The van der Waals surface area contributed by atoms with Crippen molar-refractivity contribution in [1.82, 2.24) is 15.0 Å². The molecule has 0 aliphatic heterocycles. The van der Waals surface area contributed by atoms with E-state index in [1.807, 2.05) is 32.9 Å². The molecule has 0 aliphatic rings. The Morgan fingerprint density at radius 2 is 1.85 bits per heavy atom. The van der Waals surface area contributed by atoms with Crippen LogP contribution >= 0.6 is 11.6 Å². The predicted molar refractivity (Wildman–Crippen MR) is 137 cm³/mol. The second-order valence-corrected chi connectivity index (χ2v) is 10.3. The Bertz CT molecular complexity index is 1130. The number of phenols is 1. The van der Waals surface area contributed by atoms with Crippen LogP contribution in [0.2, 0.25) is 5.02 Å². The summed E-state index contributed by atoms with van der Waals surface area (Å²) in [5, 5.41) is 20.7. The number of halogens is 1. The molecule has 0 fully saturated rings. The van der Waals surface area contributed by atoms with Crippen molar-refractivity contribution in [3.63, 3.8) is 0 Å². The summed E-state index contributed by atoms with van der Waals surface area (Å²) >= 11 is 6.10.